The van der Waals surface area contributed by atoms with Crippen molar-refractivity contribution in [1.82, 2.24) is 4.90 Å². The predicted molar refractivity (Wildman–Crippen MR) is 106 cm³/mol. The Kier molecular flexibility index (Phi) is 8.61. The van der Waals surface area contributed by atoms with Gasteiger partial charge < -0.3 is 25.2 Å². The summed E-state index contributed by atoms with van der Waals surface area (Å²) in [4.78, 5) is 6.43. The van der Waals surface area contributed by atoms with Crippen LogP contribution in [0.15, 0.2) is 23.2 Å². The van der Waals surface area contributed by atoms with Gasteiger partial charge in [-0.1, -0.05) is 6.92 Å². The topological polar surface area (TPSA) is 80.3 Å². The van der Waals surface area contributed by atoms with Crippen LogP contribution in [0.1, 0.15) is 31.4 Å². The monoisotopic (exact) mass is 449 g/mol. The zero-order valence-corrected chi connectivity index (χ0v) is 16.9. The highest BCUT2D eigenvalue weighted by atomic mass is 127. The van der Waals surface area contributed by atoms with Crippen LogP contribution >= 0.6 is 24.0 Å². The van der Waals surface area contributed by atoms with Crippen LogP contribution in [0.5, 0.6) is 11.5 Å². The Bertz CT molecular complexity index is 546. The lowest BCUT2D eigenvalue weighted by Crippen LogP contribution is -2.42. The summed E-state index contributed by atoms with van der Waals surface area (Å²) in [6.45, 7) is 4.30. The predicted octanol–water partition coefficient (Wildman–Crippen LogP) is 2.40. The summed E-state index contributed by atoms with van der Waals surface area (Å²) in [7, 11) is 3.16. The van der Waals surface area contributed by atoms with E-state index >= 15 is 0 Å². The fourth-order valence-corrected chi connectivity index (χ4v) is 2.72. The van der Waals surface area contributed by atoms with Gasteiger partial charge in [0.15, 0.2) is 5.96 Å². The van der Waals surface area contributed by atoms with Crippen LogP contribution in [-0.4, -0.2) is 49.8 Å². The van der Waals surface area contributed by atoms with Crippen LogP contribution in [0, 0.1) is 5.92 Å². The van der Waals surface area contributed by atoms with Gasteiger partial charge in [-0.15, -0.1) is 24.0 Å². The van der Waals surface area contributed by atoms with Gasteiger partial charge in [0.05, 0.1) is 20.8 Å². The highest BCUT2D eigenvalue weighted by Crippen LogP contribution is 2.29. The summed E-state index contributed by atoms with van der Waals surface area (Å²) in [5, 5.41) is 10.4. The van der Waals surface area contributed by atoms with Crippen molar-refractivity contribution in [3.8, 4) is 11.5 Å². The summed E-state index contributed by atoms with van der Waals surface area (Å²) in [5.41, 5.74) is 6.70. The lowest BCUT2D eigenvalue weighted by molar-refractivity contribution is 0.181. The molecule has 1 atom stereocenters. The lowest BCUT2D eigenvalue weighted by atomic mass is 10.00. The molecule has 2 rings (SSSR count). The van der Waals surface area contributed by atoms with Crippen molar-refractivity contribution in [2.24, 2.45) is 16.6 Å². The molecule has 1 saturated heterocycles. The largest absolute Gasteiger partial charge is 0.497 e. The van der Waals surface area contributed by atoms with Crippen molar-refractivity contribution in [3.63, 3.8) is 0 Å². The second kappa shape index (κ2) is 9.93. The fourth-order valence-electron chi connectivity index (χ4n) is 2.72. The summed E-state index contributed by atoms with van der Waals surface area (Å²) >= 11 is 0. The molecule has 1 heterocycles. The maximum Gasteiger partial charge on any atom is 0.191 e. The first kappa shape index (κ1) is 20.8. The summed E-state index contributed by atoms with van der Waals surface area (Å²) < 4.78 is 10.5. The summed E-state index contributed by atoms with van der Waals surface area (Å²) in [6.07, 6.45) is 1.47. The molecule has 1 aromatic rings. The number of halogens is 1. The average molecular weight is 449 g/mol. The number of likely N-dealkylation sites (tertiary alicyclic amines) is 1. The number of benzene rings is 1. The van der Waals surface area contributed by atoms with Gasteiger partial charge in [0.1, 0.15) is 17.6 Å². The molecule has 1 aliphatic rings. The van der Waals surface area contributed by atoms with Crippen molar-refractivity contribution in [1.29, 1.82) is 0 Å². The Morgan fingerprint density at radius 3 is 2.58 bits per heavy atom. The molecule has 0 bridgehead atoms. The molecule has 24 heavy (non-hydrogen) atoms. The van der Waals surface area contributed by atoms with E-state index in [-0.39, 0.29) is 30.5 Å². The zero-order chi connectivity index (χ0) is 16.8. The fraction of sp³-hybridized carbons (Fsp3) is 0.588. The molecule has 0 radical (unpaired) electrons. The Balaban J connectivity index is 0.00000288. The number of hydrogen-bond donors (Lipinski definition) is 2. The highest BCUT2D eigenvalue weighted by Gasteiger charge is 2.18. The minimum Gasteiger partial charge on any atom is -0.497 e. The smallest absolute Gasteiger partial charge is 0.191 e. The van der Waals surface area contributed by atoms with Gasteiger partial charge in [0.2, 0.25) is 0 Å². The molecule has 3 N–H and O–H groups in total. The normalized spacial score (nSPS) is 17.2. The van der Waals surface area contributed by atoms with Crippen molar-refractivity contribution in [3.05, 3.63) is 23.8 Å². The third-order valence-corrected chi connectivity index (χ3v) is 4.33. The molecule has 0 aliphatic carbocycles. The number of piperidine rings is 1. The van der Waals surface area contributed by atoms with Crippen LogP contribution < -0.4 is 15.2 Å². The Labute approximate surface area is 161 Å². The highest BCUT2D eigenvalue weighted by molar-refractivity contribution is 14.0. The number of nitrogens with zero attached hydrogens (tertiary/aromatic N) is 2. The lowest BCUT2D eigenvalue weighted by Gasteiger charge is -2.31. The Hall–Kier alpha value is -1.22. The maximum atomic E-state index is 10.4. The van der Waals surface area contributed by atoms with E-state index in [9.17, 15) is 5.11 Å². The second-order valence-electron chi connectivity index (χ2n) is 5.99. The molecule has 1 aromatic carbocycles. The van der Waals surface area contributed by atoms with Crippen LogP contribution in [0.4, 0.5) is 0 Å². The van der Waals surface area contributed by atoms with E-state index in [1.54, 1.807) is 32.4 Å². The molecular weight excluding hydrogens is 421 g/mol. The molecule has 1 fully saturated rings. The number of ether oxygens (including phenoxy) is 2. The minimum absolute atomic E-state index is 0. The van der Waals surface area contributed by atoms with Gasteiger partial charge in [-0.05, 0) is 37.0 Å². The standard InChI is InChI=1S/C17H27N3O3.HI/c1-12-6-8-20(9-7-12)17(18)19-11-15(21)14-10-13(22-2)4-5-16(14)23-3;/h4-5,10,12,15,21H,6-9,11H2,1-3H3,(H2,18,19);1H. The first-order chi connectivity index (χ1) is 11.0. The van der Waals surface area contributed by atoms with Gasteiger partial charge in [0.25, 0.3) is 0 Å². The summed E-state index contributed by atoms with van der Waals surface area (Å²) in [5.74, 6) is 2.52. The number of aliphatic hydroxyl groups excluding tert-OH is 1. The van der Waals surface area contributed by atoms with Crippen LogP contribution in [0.3, 0.4) is 0 Å². The van der Waals surface area contributed by atoms with Gasteiger partial charge in [-0.2, -0.15) is 0 Å². The summed E-state index contributed by atoms with van der Waals surface area (Å²) in [6, 6.07) is 5.33. The first-order valence-electron chi connectivity index (χ1n) is 8.00. The zero-order valence-electron chi connectivity index (χ0n) is 14.6. The number of aliphatic hydroxyl groups is 1. The molecule has 7 heteroatoms. The van der Waals surface area contributed by atoms with E-state index in [0.717, 1.165) is 31.8 Å². The second-order valence-corrected chi connectivity index (χ2v) is 5.99. The number of aliphatic imine (C=N–C) groups is 1. The van der Waals surface area contributed by atoms with E-state index in [1.807, 2.05) is 0 Å². The quantitative estimate of drug-likeness (QED) is 0.410. The maximum absolute atomic E-state index is 10.4. The number of rotatable bonds is 5. The van der Waals surface area contributed by atoms with Crippen LogP contribution in [0.2, 0.25) is 0 Å². The van der Waals surface area contributed by atoms with Crippen LogP contribution in [0.25, 0.3) is 0 Å². The molecule has 0 amide bonds. The molecule has 136 valence electrons. The van der Waals surface area contributed by atoms with E-state index in [0.29, 0.717) is 23.0 Å². The third kappa shape index (κ3) is 5.41. The average Bonchev–Trinajstić information content (AvgIpc) is 2.59. The van der Waals surface area contributed by atoms with E-state index in [4.69, 9.17) is 15.2 Å². The van der Waals surface area contributed by atoms with Crippen molar-refractivity contribution in [2.45, 2.75) is 25.9 Å². The van der Waals surface area contributed by atoms with E-state index < -0.39 is 6.10 Å². The minimum atomic E-state index is -0.790. The molecule has 0 spiro atoms. The van der Waals surface area contributed by atoms with Gasteiger partial charge in [-0.25, -0.2) is 0 Å². The van der Waals surface area contributed by atoms with Gasteiger partial charge >= 0.3 is 0 Å². The third-order valence-electron chi connectivity index (χ3n) is 4.33. The van der Waals surface area contributed by atoms with Crippen molar-refractivity contribution >= 4 is 29.9 Å². The van der Waals surface area contributed by atoms with Gasteiger partial charge in [0, 0.05) is 18.7 Å². The van der Waals surface area contributed by atoms with Crippen molar-refractivity contribution < 1.29 is 14.6 Å². The Morgan fingerprint density at radius 2 is 2.00 bits per heavy atom. The SMILES string of the molecule is COc1ccc(OC)c(C(O)CN=C(N)N2CCC(C)CC2)c1.I. The molecular formula is C17H28IN3O3. The number of hydrogen-bond acceptors (Lipinski definition) is 4. The molecule has 1 aliphatic heterocycles. The molecule has 0 saturated carbocycles. The number of guanidine groups is 1. The van der Waals surface area contributed by atoms with Crippen LogP contribution in [-0.2, 0) is 0 Å². The number of methoxy groups -OCH3 is 2. The van der Waals surface area contributed by atoms with Gasteiger partial charge in [-0.3, -0.25) is 4.99 Å². The van der Waals surface area contributed by atoms with E-state index in [2.05, 4.69) is 16.8 Å². The van der Waals surface area contributed by atoms with E-state index in [1.165, 1.54) is 0 Å². The Morgan fingerprint density at radius 1 is 1.33 bits per heavy atom. The first-order valence-corrected chi connectivity index (χ1v) is 8.00. The van der Waals surface area contributed by atoms with Crippen molar-refractivity contribution in [2.75, 3.05) is 33.9 Å². The molecule has 0 aromatic heterocycles. The number of nitrogens with two attached hydrogens (primary N) is 1. The molecule has 6 nitrogen and oxygen atoms in total. The molecule has 1 unspecified atom stereocenters.